The molecule has 0 aromatic carbocycles. The van der Waals surface area contributed by atoms with Crippen molar-refractivity contribution in [2.24, 2.45) is 17.6 Å². The van der Waals surface area contributed by atoms with E-state index in [1.165, 1.54) is 23.4 Å². The van der Waals surface area contributed by atoms with Gasteiger partial charge in [-0.3, -0.25) is 4.79 Å². The van der Waals surface area contributed by atoms with Crippen LogP contribution in [0.15, 0.2) is 0 Å². The molecule has 1 aromatic rings. The van der Waals surface area contributed by atoms with Crippen LogP contribution in [0.5, 0.6) is 0 Å². The lowest BCUT2D eigenvalue weighted by Gasteiger charge is -2.16. The maximum absolute atomic E-state index is 12.3. The van der Waals surface area contributed by atoms with Gasteiger partial charge in [0.2, 0.25) is 5.91 Å². The summed E-state index contributed by atoms with van der Waals surface area (Å²) in [5.74, 6) is 0.569. The highest BCUT2D eigenvalue weighted by molar-refractivity contribution is 7.15. The molecule has 2 aliphatic carbocycles. The fraction of sp³-hybridized carbons (Fsp3) is 0.714. The number of aromatic nitrogens is 1. The Hall–Kier alpha value is -0.940. The van der Waals surface area contributed by atoms with Gasteiger partial charge in [0, 0.05) is 10.8 Å². The molecule has 2 atom stereocenters. The molecule has 1 saturated carbocycles. The minimum absolute atomic E-state index is 0.0888. The van der Waals surface area contributed by atoms with Crippen molar-refractivity contribution in [1.29, 1.82) is 0 Å². The second kappa shape index (κ2) is 5.59. The van der Waals surface area contributed by atoms with Gasteiger partial charge in [0.1, 0.15) is 0 Å². The summed E-state index contributed by atoms with van der Waals surface area (Å²) >= 11 is 1.66. The van der Waals surface area contributed by atoms with Crippen molar-refractivity contribution in [3.8, 4) is 0 Å². The van der Waals surface area contributed by atoms with Crippen LogP contribution in [0.3, 0.4) is 0 Å². The zero-order chi connectivity index (χ0) is 13.2. The van der Waals surface area contributed by atoms with E-state index in [-0.39, 0.29) is 11.8 Å². The lowest BCUT2D eigenvalue weighted by Crippen LogP contribution is -2.29. The fourth-order valence-corrected chi connectivity index (χ4v) is 4.32. The molecule has 4 nitrogen and oxygen atoms in total. The van der Waals surface area contributed by atoms with Gasteiger partial charge >= 0.3 is 0 Å². The summed E-state index contributed by atoms with van der Waals surface area (Å²) in [5.41, 5.74) is 6.94. The maximum atomic E-state index is 12.3. The normalized spacial score (nSPS) is 26.2. The van der Waals surface area contributed by atoms with E-state index < -0.39 is 0 Å². The Labute approximate surface area is 117 Å². The number of aryl methyl sites for hydroxylation is 2. The molecule has 0 unspecified atom stereocenters. The summed E-state index contributed by atoms with van der Waals surface area (Å²) in [4.78, 5) is 18.2. The van der Waals surface area contributed by atoms with Gasteiger partial charge in [-0.05, 0) is 51.0 Å². The first-order chi connectivity index (χ1) is 9.28. The SMILES string of the molecule is NC[C@H]1CCC[C@H]1C(=O)Nc1nc2c(s1)CCCC2. The van der Waals surface area contributed by atoms with E-state index in [9.17, 15) is 4.79 Å². The zero-order valence-electron chi connectivity index (χ0n) is 11.2. The molecule has 1 amide bonds. The van der Waals surface area contributed by atoms with Gasteiger partial charge in [-0.2, -0.15) is 0 Å². The number of hydrogen-bond donors (Lipinski definition) is 2. The number of nitrogens with one attached hydrogen (secondary N) is 1. The van der Waals surface area contributed by atoms with Gasteiger partial charge < -0.3 is 11.1 Å². The first-order valence-corrected chi connectivity index (χ1v) is 8.09. The third-order valence-corrected chi connectivity index (χ3v) is 5.45. The van der Waals surface area contributed by atoms with E-state index in [1.54, 1.807) is 11.3 Å². The molecule has 1 fully saturated rings. The molecule has 19 heavy (non-hydrogen) atoms. The minimum atomic E-state index is 0.0888. The highest BCUT2D eigenvalue weighted by Gasteiger charge is 2.32. The Morgan fingerprint density at radius 3 is 2.95 bits per heavy atom. The lowest BCUT2D eigenvalue weighted by atomic mass is 9.95. The average molecular weight is 279 g/mol. The molecule has 5 heteroatoms. The second-order valence-electron chi connectivity index (χ2n) is 5.62. The first-order valence-electron chi connectivity index (χ1n) is 7.27. The van der Waals surface area contributed by atoms with Crippen molar-refractivity contribution in [2.75, 3.05) is 11.9 Å². The van der Waals surface area contributed by atoms with Crippen LogP contribution in [0, 0.1) is 11.8 Å². The summed E-state index contributed by atoms with van der Waals surface area (Å²) < 4.78 is 0. The summed E-state index contributed by atoms with van der Waals surface area (Å²) in [6.07, 6.45) is 7.84. The number of anilines is 1. The van der Waals surface area contributed by atoms with E-state index in [1.807, 2.05) is 0 Å². The molecule has 1 heterocycles. The van der Waals surface area contributed by atoms with Gasteiger partial charge in [-0.1, -0.05) is 6.42 Å². The van der Waals surface area contributed by atoms with E-state index in [2.05, 4.69) is 10.3 Å². The van der Waals surface area contributed by atoms with E-state index >= 15 is 0 Å². The Morgan fingerprint density at radius 2 is 2.16 bits per heavy atom. The minimum Gasteiger partial charge on any atom is -0.330 e. The Bertz CT molecular complexity index is 448. The zero-order valence-corrected chi connectivity index (χ0v) is 12.0. The summed E-state index contributed by atoms with van der Waals surface area (Å²) in [7, 11) is 0. The first kappa shape index (κ1) is 13.1. The van der Waals surface area contributed by atoms with Crippen molar-refractivity contribution in [2.45, 2.75) is 44.9 Å². The molecule has 3 N–H and O–H groups in total. The van der Waals surface area contributed by atoms with E-state index in [0.717, 1.165) is 37.2 Å². The van der Waals surface area contributed by atoms with Gasteiger partial charge in [-0.25, -0.2) is 4.98 Å². The number of fused-ring (bicyclic) bond motifs is 1. The molecule has 104 valence electrons. The number of carbonyl (C=O) groups is 1. The molecule has 3 rings (SSSR count). The van der Waals surface area contributed by atoms with Crippen LogP contribution in [0.25, 0.3) is 0 Å². The predicted octanol–water partition coefficient (Wildman–Crippen LogP) is 2.34. The van der Waals surface area contributed by atoms with Crippen LogP contribution in [-0.4, -0.2) is 17.4 Å². The molecule has 0 bridgehead atoms. The molecular weight excluding hydrogens is 258 g/mol. The van der Waals surface area contributed by atoms with Crippen molar-refractivity contribution in [1.82, 2.24) is 4.98 Å². The van der Waals surface area contributed by atoms with Gasteiger partial charge in [0.25, 0.3) is 0 Å². The molecule has 0 saturated heterocycles. The van der Waals surface area contributed by atoms with Crippen LogP contribution >= 0.6 is 11.3 Å². The molecule has 0 spiro atoms. The molecule has 1 aromatic heterocycles. The monoisotopic (exact) mass is 279 g/mol. The van der Waals surface area contributed by atoms with Crippen molar-refractivity contribution >= 4 is 22.4 Å². The Kier molecular flexibility index (Phi) is 3.84. The van der Waals surface area contributed by atoms with Crippen LogP contribution in [-0.2, 0) is 17.6 Å². The molecule has 0 radical (unpaired) electrons. The topological polar surface area (TPSA) is 68.0 Å². The highest BCUT2D eigenvalue weighted by atomic mass is 32.1. The fourth-order valence-electron chi connectivity index (χ4n) is 3.27. The smallest absolute Gasteiger partial charge is 0.229 e. The van der Waals surface area contributed by atoms with E-state index in [0.29, 0.717) is 12.5 Å². The van der Waals surface area contributed by atoms with Crippen LogP contribution in [0.1, 0.15) is 42.7 Å². The van der Waals surface area contributed by atoms with Crippen molar-refractivity contribution in [3.63, 3.8) is 0 Å². The molecule has 2 aliphatic rings. The van der Waals surface area contributed by atoms with Gasteiger partial charge in [0.05, 0.1) is 5.69 Å². The van der Waals surface area contributed by atoms with Crippen LogP contribution in [0.4, 0.5) is 5.13 Å². The number of carbonyl (C=O) groups excluding carboxylic acids is 1. The Morgan fingerprint density at radius 1 is 1.32 bits per heavy atom. The predicted molar refractivity (Wildman–Crippen MR) is 77.3 cm³/mol. The highest BCUT2D eigenvalue weighted by Crippen LogP contribution is 2.33. The van der Waals surface area contributed by atoms with Crippen LogP contribution in [0.2, 0.25) is 0 Å². The number of nitrogens with two attached hydrogens (primary N) is 1. The third-order valence-electron chi connectivity index (χ3n) is 4.37. The summed E-state index contributed by atoms with van der Waals surface area (Å²) in [6.45, 7) is 0.618. The average Bonchev–Trinajstić information content (AvgIpc) is 3.03. The van der Waals surface area contributed by atoms with E-state index in [4.69, 9.17) is 5.73 Å². The van der Waals surface area contributed by atoms with Crippen molar-refractivity contribution in [3.05, 3.63) is 10.6 Å². The third kappa shape index (κ3) is 2.67. The number of nitrogens with zero attached hydrogens (tertiary/aromatic N) is 1. The van der Waals surface area contributed by atoms with Gasteiger partial charge in [-0.15, -0.1) is 11.3 Å². The quantitative estimate of drug-likeness (QED) is 0.892. The molecule has 0 aliphatic heterocycles. The Balaban J connectivity index is 1.67. The van der Waals surface area contributed by atoms with Crippen LogP contribution < -0.4 is 11.1 Å². The van der Waals surface area contributed by atoms with Gasteiger partial charge in [0.15, 0.2) is 5.13 Å². The number of hydrogen-bond acceptors (Lipinski definition) is 4. The number of amides is 1. The second-order valence-corrected chi connectivity index (χ2v) is 6.70. The standard InChI is InChI=1S/C14H21N3OS/c15-8-9-4-3-5-10(9)13(18)17-14-16-11-6-1-2-7-12(11)19-14/h9-10H,1-8,15H2,(H,16,17,18)/t9-,10-/m1/s1. The summed E-state index contributed by atoms with van der Waals surface area (Å²) in [6, 6.07) is 0. The lowest BCUT2D eigenvalue weighted by molar-refractivity contribution is -0.120. The summed E-state index contributed by atoms with van der Waals surface area (Å²) in [5, 5.41) is 3.81. The molecular formula is C14H21N3OS. The number of rotatable bonds is 3. The largest absolute Gasteiger partial charge is 0.330 e. The van der Waals surface area contributed by atoms with Crippen molar-refractivity contribution < 1.29 is 4.79 Å². The number of thiazole rings is 1. The maximum Gasteiger partial charge on any atom is 0.229 e.